The minimum Gasteiger partial charge on any atom is -0.457 e. The molecule has 0 N–H and O–H groups in total. The summed E-state index contributed by atoms with van der Waals surface area (Å²) < 4.78 is 6.98. The number of benzene rings is 13. The molecule has 0 aliphatic carbocycles. The van der Waals surface area contributed by atoms with E-state index in [2.05, 4.69) is 329 Å². The van der Waals surface area contributed by atoms with E-state index in [0.717, 1.165) is 68.1 Å². The van der Waals surface area contributed by atoms with Gasteiger partial charge in [0.2, 0.25) is 13.4 Å². The van der Waals surface area contributed by atoms with Crippen LogP contribution in [-0.2, 0) is 0 Å². The Morgan fingerprint density at radius 2 is 0.648 bits per heavy atom. The summed E-state index contributed by atoms with van der Waals surface area (Å²) in [6.45, 7) is -0.248. The van der Waals surface area contributed by atoms with Gasteiger partial charge in [0.05, 0.1) is 0 Å². The van der Waals surface area contributed by atoms with Crippen molar-refractivity contribution in [2.75, 3.05) is 19.6 Å². The smallest absolute Gasteiger partial charge is 0.249 e. The minimum atomic E-state index is -0.187. The van der Waals surface area contributed by atoms with E-state index in [1.807, 2.05) is 23.5 Å². The molecule has 18 rings (SSSR count). The molecule has 0 spiro atoms. The molecular weight excluding hydrogens is 1110 g/mol. The summed E-state index contributed by atoms with van der Waals surface area (Å²) in [6.07, 6.45) is 0. The molecule has 13 aromatic rings. The number of para-hydroxylation sites is 10. The molecule has 0 saturated carbocycles. The van der Waals surface area contributed by atoms with Crippen molar-refractivity contribution in [3.8, 4) is 11.5 Å². The molecule has 0 fully saturated rings. The molecule has 5 aliphatic heterocycles. The monoisotopic (exact) mass is 1160 g/mol. The van der Waals surface area contributed by atoms with Crippen molar-refractivity contribution < 1.29 is 4.74 Å². The second kappa shape index (κ2) is 20.7. The van der Waals surface area contributed by atoms with E-state index >= 15 is 0 Å². The Morgan fingerprint density at radius 3 is 1.05 bits per heavy atom. The van der Waals surface area contributed by atoms with Crippen LogP contribution in [0.1, 0.15) is 22.6 Å². The Kier molecular flexibility index (Phi) is 12.0. The van der Waals surface area contributed by atoms with Gasteiger partial charge in [0, 0.05) is 105 Å². The van der Waals surface area contributed by atoms with Gasteiger partial charge in [0.15, 0.2) is 0 Å². The van der Waals surface area contributed by atoms with E-state index < -0.39 is 0 Å². The fourth-order valence-electron chi connectivity index (χ4n) is 14.6. The van der Waals surface area contributed by atoms with Crippen molar-refractivity contribution in [1.82, 2.24) is 0 Å². The van der Waals surface area contributed by atoms with Crippen molar-refractivity contribution >= 4 is 138 Å². The van der Waals surface area contributed by atoms with Gasteiger partial charge in [-0.15, -0.1) is 0 Å². The second-order valence-electron chi connectivity index (χ2n) is 23.0. The highest BCUT2D eigenvalue weighted by Crippen LogP contribution is 2.56. The molecule has 13 aromatic carbocycles. The van der Waals surface area contributed by atoms with E-state index in [4.69, 9.17) is 4.74 Å². The normalized spacial score (nSPS) is 13.5. The predicted molar refractivity (Wildman–Crippen MR) is 370 cm³/mol. The van der Waals surface area contributed by atoms with E-state index in [1.165, 1.54) is 80.7 Å². The summed E-state index contributed by atoms with van der Waals surface area (Å²) in [5, 5.41) is 0. The van der Waals surface area contributed by atoms with Crippen LogP contribution in [-0.4, -0.2) is 13.4 Å². The van der Waals surface area contributed by atoms with Crippen molar-refractivity contribution in [3.05, 3.63) is 326 Å². The molecule has 0 saturated heterocycles. The standard InChI is InChI=1S/C79H52B2N4OS2/c1-7-27-52(28-8-1)82(53-29-9-2-10-30-53)58-47-68-76-72(49-58)87-78-64(80(76)62-41-21-23-43-66(62)84(68)56-35-15-5-16-36-56)51-65-79(75(78)74-60-39-19-25-45-70(60)86-71-46-26-20-40-61(71)74)88-73-50-59(83(54-31-11-3-12-32-54)55-33-13-4-14-34-55)48-69-77(73)81(65)63-42-22-24-44-67(63)85(69)57-37-17-6-18-38-57/h1-51,74H. The maximum absolute atomic E-state index is 6.98. The second-order valence-corrected chi connectivity index (χ2v) is 25.1. The molecule has 5 aliphatic rings. The lowest BCUT2D eigenvalue weighted by Gasteiger charge is -2.45. The number of hydrogen-bond donors (Lipinski definition) is 0. The quantitative estimate of drug-likeness (QED) is 0.133. The molecule has 9 heteroatoms. The number of nitrogens with zero attached hydrogens (tertiary/aromatic N) is 4. The SMILES string of the molecule is c1ccc(N(c2ccccc2)c2cc3c4c(c2)N(c2ccccc2)c2ccccc2B4c2cc4c(c(C5c6ccccc6Oc6ccccc65)c2S3)Sc2cc(N(c3ccccc3)c3ccccc3)cc3c2B4c2ccccc2N3c2ccccc2)cc1. The van der Waals surface area contributed by atoms with Crippen LogP contribution in [0.2, 0.25) is 0 Å². The first-order valence-corrected chi connectivity index (χ1v) is 31.8. The highest BCUT2D eigenvalue weighted by molar-refractivity contribution is 8.01. The molecule has 412 valence electrons. The Balaban J connectivity index is 0.962. The number of hydrogen-bond acceptors (Lipinski definition) is 7. The summed E-state index contributed by atoms with van der Waals surface area (Å²) >= 11 is 3.91. The highest BCUT2D eigenvalue weighted by Gasteiger charge is 2.49. The topological polar surface area (TPSA) is 22.2 Å². The van der Waals surface area contributed by atoms with Crippen LogP contribution < -0.4 is 57.1 Å². The van der Waals surface area contributed by atoms with Crippen molar-refractivity contribution in [1.29, 1.82) is 0 Å². The molecule has 5 nitrogen and oxygen atoms in total. The summed E-state index contributed by atoms with van der Waals surface area (Å²) in [7, 11) is 0. The van der Waals surface area contributed by atoms with Gasteiger partial charge >= 0.3 is 0 Å². The molecule has 0 aromatic heterocycles. The minimum absolute atomic E-state index is 0.124. The van der Waals surface area contributed by atoms with Gasteiger partial charge in [-0.3, -0.25) is 0 Å². The fraction of sp³-hybridized carbons (Fsp3) is 0.0127. The lowest BCUT2D eigenvalue weighted by atomic mass is 9.31. The van der Waals surface area contributed by atoms with Crippen LogP contribution in [0.5, 0.6) is 11.5 Å². The number of fused-ring (bicyclic) bond motifs is 10. The van der Waals surface area contributed by atoms with E-state index in [-0.39, 0.29) is 19.3 Å². The van der Waals surface area contributed by atoms with Crippen LogP contribution in [0.15, 0.2) is 329 Å². The van der Waals surface area contributed by atoms with E-state index in [1.54, 1.807) is 0 Å². The van der Waals surface area contributed by atoms with Crippen molar-refractivity contribution in [2.24, 2.45) is 0 Å². The number of ether oxygens (including phenoxy) is 1. The van der Waals surface area contributed by atoms with Crippen LogP contribution in [0, 0.1) is 0 Å². The fourth-order valence-corrected chi connectivity index (χ4v) is 17.4. The molecule has 0 radical (unpaired) electrons. The first kappa shape index (κ1) is 51.0. The molecule has 0 unspecified atom stereocenters. The molecule has 0 amide bonds. The van der Waals surface area contributed by atoms with Crippen molar-refractivity contribution in [3.63, 3.8) is 0 Å². The molecular formula is C79H52B2N4OS2. The average Bonchev–Trinajstić information content (AvgIpc) is 0.744. The lowest BCUT2D eigenvalue weighted by Crippen LogP contribution is -2.64. The van der Waals surface area contributed by atoms with Crippen LogP contribution in [0.3, 0.4) is 0 Å². The third-order valence-electron chi connectivity index (χ3n) is 18.2. The average molecular weight is 1160 g/mol. The van der Waals surface area contributed by atoms with Gasteiger partial charge in [-0.05, 0) is 149 Å². The maximum atomic E-state index is 6.98. The van der Waals surface area contributed by atoms with E-state index in [9.17, 15) is 0 Å². The third-order valence-corrected chi connectivity index (χ3v) is 20.6. The zero-order valence-electron chi connectivity index (χ0n) is 47.7. The van der Waals surface area contributed by atoms with E-state index in [0.29, 0.717) is 0 Å². The van der Waals surface area contributed by atoms with Crippen molar-refractivity contribution in [2.45, 2.75) is 25.5 Å². The van der Waals surface area contributed by atoms with Gasteiger partial charge in [-0.2, -0.15) is 0 Å². The van der Waals surface area contributed by atoms with Crippen LogP contribution in [0.4, 0.5) is 68.2 Å². The van der Waals surface area contributed by atoms with Crippen LogP contribution >= 0.6 is 23.5 Å². The first-order valence-electron chi connectivity index (χ1n) is 30.2. The summed E-state index contributed by atoms with van der Waals surface area (Å²) in [5.41, 5.74) is 25.0. The Morgan fingerprint density at radius 1 is 0.307 bits per heavy atom. The number of rotatable bonds is 9. The zero-order valence-corrected chi connectivity index (χ0v) is 49.3. The lowest BCUT2D eigenvalue weighted by molar-refractivity contribution is 0.452. The van der Waals surface area contributed by atoms with Gasteiger partial charge in [-0.25, -0.2) is 0 Å². The largest absolute Gasteiger partial charge is 0.457 e. The number of anilines is 12. The van der Waals surface area contributed by atoms with Gasteiger partial charge in [0.25, 0.3) is 0 Å². The molecule has 88 heavy (non-hydrogen) atoms. The summed E-state index contributed by atoms with van der Waals surface area (Å²) in [6, 6.07) is 114. The third kappa shape index (κ3) is 8.00. The van der Waals surface area contributed by atoms with Gasteiger partial charge in [0.1, 0.15) is 11.5 Å². The summed E-state index contributed by atoms with van der Waals surface area (Å²) in [4.78, 5) is 15.0. The van der Waals surface area contributed by atoms with Gasteiger partial charge < -0.3 is 24.3 Å². The predicted octanol–water partition coefficient (Wildman–Crippen LogP) is 17.4. The Bertz CT molecular complexity index is 4510. The maximum Gasteiger partial charge on any atom is 0.249 e. The first-order chi connectivity index (χ1) is 43.7. The Hall–Kier alpha value is -10.3. The highest BCUT2D eigenvalue weighted by atomic mass is 32.2. The summed E-state index contributed by atoms with van der Waals surface area (Å²) in [5.74, 6) is 1.59. The zero-order chi connectivity index (χ0) is 57.8. The Labute approximate surface area is 521 Å². The molecule has 5 heterocycles. The molecule has 0 atom stereocenters. The van der Waals surface area contributed by atoms with Crippen LogP contribution in [0.25, 0.3) is 0 Å². The van der Waals surface area contributed by atoms with Gasteiger partial charge in [-0.1, -0.05) is 223 Å². The molecule has 0 bridgehead atoms.